The number of halogens is 1. The van der Waals surface area contributed by atoms with E-state index in [4.69, 9.17) is 9.47 Å². The molecule has 1 aliphatic rings. The molecule has 18 heavy (non-hydrogen) atoms. The average Bonchev–Trinajstić information content (AvgIpc) is 2.32. The van der Waals surface area contributed by atoms with Crippen LogP contribution in [0, 0.1) is 11.2 Å². The summed E-state index contributed by atoms with van der Waals surface area (Å²) in [7, 11) is 0. The van der Waals surface area contributed by atoms with Gasteiger partial charge in [0, 0.05) is 18.3 Å². The lowest BCUT2D eigenvalue weighted by Crippen LogP contribution is -2.50. The first-order chi connectivity index (χ1) is 8.69. The van der Waals surface area contributed by atoms with Crippen LogP contribution in [0.15, 0.2) is 18.2 Å². The average molecular weight is 255 g/mol. The van der Waals surface area contributed by atoms with E-state index in [-0.39, 0.29) is 23.6 Å². The molecule has 1 heterocycles. The van der Waals surface area contributed by atoms with Gasteiger partial charge in [0.2, 0.25) is 0 Å². The van der Waals surface area contributed by atoms with E-state index in [1.807, 2.05) is 6.92 Å². The lowest BCUT2D eigenvalue weighted by atomic mass is 9.87. The van der Waals surface area contributed by atoms with Gasteiger partial charge in [-0.05, 0) is 19.1 Å². The van der Waals surface area contributed by atoms with Crippen LogP contribution in [0.5, 0.6) is 5.75 Å². The maximum absolute atomic E-state index is 13.6. The largest absolute Gasteiger partial charge is 0.491 e. The highest BCUT2D eigenvalue weighted by atomic mass is 19.1. The SMILES string of the molecule is CCOc1ccc(NCC2(CO)COC2)cc1F. The Morgan fingerprint density at radius 3 is 2.78 bits per heavy atom. The van der Waals surface area contributed by atoms with Crippen LogP contribution < -0.4 is 10.1 Å². The predicted molar refractivity (Wildman–Crippen MR) is 66.4 cm³/mol. The lowest BCUT2D eigenvalue weighted by molar-refractivity contribution is -0.128. The molecule has 0 saturated carbocycles. The number of ether oxygens (including phenoxy) is 2. The van der Waals surface area contributed by atoms with Gasteiger partial charge in [0.15, 0.2) is 11.6 Å². The second-order valence-corrected chi connectivity index (χ2v) is 4.58. The van der Waals surface area contributed by atoms with Crippen LogP contribution in [0.1, 0.15) is 6.92 Å². The van der Waals surface area contributed by atoms with Crippen molar-refractivity contribution in [2.45, 2.75) is 6.92 Å². The van der Waals surface area contributed by atoms with Gasteiger partial charge in [-0.1, -0.05) is 0 Å². The number of aliphatic hydroxyl groups excluding tert-OH is 1. The van der Waals surface area contributed by atoms with Crippen LogP contribution in [-0.2, 0) is 4.74 Å². The first-order valence-electron chi connectivity index (χ1n) is 6.04. The van der Waals surface area contributed by atoms with E-state index in [0.717, 1.165) is 0 Å². The standard InChI is InChI=1S/C13H18FNO3/c1-2-18-12-4-3-10(5-11(12)14)15-6-13(7-16)8-17-9-13/h3-5,15-16H,2,6-9H2,1H3. The van der Waals surface area contributed by atoms with Gasteiger partial charge in [0.1, 0.15) is 0 Å². The normalized spacial score (nSPS) is 17.1. The van der Waals surface area contributed by atoms with Gasteiger partial charge in [0.05, 0.1) is 31.8 Å². The van der Waals surface area contributed by atoms with Crippen LogP contribution >= 0.6 is 0 Å². The Bertz CT molecular complexity index is 402. The minimum Gasteiger partial charge on any atom is -0.491 e. The Kier molecular flexibility index (Phi) is 4.04. The summed E-state index contributed by atoms with van der Waals surface area (Å²) in [6.45, 7) is 3.96. The summed E-state index contributed by atoms with van der Waals surface area (Å²) in [5, 5.41) is 12.4. The van der Waals surface area contributed by atoms with Crippen molar-refractivity contribution in [3.63, 3.8) is 0 Å². The van der Waals surface area contributed by atoms with Crippen LogP contribution in [0.3, 0.4) is 0 Å². The first-order valence-corrected chi connectivity index (χ1v) is 6.04. The van der Waals surface area contributed by atoms with Crippen molar-refractivity contribution < 1.29 is 19.0 Å². The molecule has 1 aliphatic heterocycles. The summed E-state index contributed by atoms with van der Waals surface area (Å²) < 4.78 is 23.8. The van der Waals surface area contributed by atoms with E-state index < -0.39 is 0 Å². The van der Waals surface area contributed by atoms with Gasteiger partial charge in [-0.2, -0.15) is 0 Å². The quantitative estimate of drug-likeness (QED) is 0.811. The highest BCUT2D eigenvalue weighted by molar-refractivity contribution is 5.47. The monoisotopic (exact) mass is 255 g/mol. The molecule has 1 fully saturated rings. The molecule has 2 rings (SSSR count). The summed E-state index contributed by atoms with van der Waals surface area (Å²) in [5.74, 6) is -0.128. The lowest BCUT2D eigenvalue weighted by Gasteiger charge is -2.40. The maximum atomic E-state index is 13.6. The molecule has 100 valence electrons. The summed E-state index contributed by atoms with van der Waals surface area (Å²) in [6, 6.07) is 4.76. The number of hydrogen-bond donors (Lipinski definition) is 2. The number of benzene rings is 1. The molecule has 1 aromatic carbocycles. The highest BCUT2D eigenvalue weighted by Gasteiger charge is 2.37. The first kappa shape index (κ1) is 13.1. The van der Waals surface area contributed by atoms with Crippen LogP contribution in [0.4, 0.5) is 10.1 Å². The molecule has 0 unspecified atom stereocenters. The smallest absolute Gasteiger partial charge is 0.167 e. The molecule has 2 N–H and O–H groups in total. The topological polar surface area (TPSA) is 50.7 Å². The fraction of sp³-hybridized carbons (Fsp3) is 0.538. The molecule has 1 saturated heterocycles. The summed E-state index contributed by atoms with van der Waals surface area (Å²) >= 11 is 0. The molecule has 0 aliphatic carbocycles. The second kappa shape index (κ2) is 5.54. The molecule has 4 nitrogen and oxygen atoms in total. The van der Waals surface area contributed by atoms with Gasteiger partial charge in [-0.25, -0.2) is 4.39 Å². The summed E-state index contributed by atoms with van der Waals surface area (Å²) in [5.41, 5.74) is 0.449. The summed E-state index contributed by atoms with van der Waals surface area (Å²) in [4.78, 5) is 0. The van der Waals surface area contributed by atoms with E-state index in [1.54, 1.807) is 12.1 Å². The fourth-order valence-electron chi connectivity index (χ4n) is 1.81. The molecule has 0 bridgehead atoms. The molecule has 0 spiro atoms. The number of aliphatic hydroxyl groups is 1. The summed E-state index contributed by atoms with van der Waals surface area (Å²) in [6.07, 6.45) is 0. The third-order valence-corrected chi connectivity index (χ3v) is 3.05. The van der Waals surface area contributed by atoms with Gasteiger partial charge < -0.3 is 19.9 Å². The van der Waals surface area contributed by atoms with E-state index in [1.165, 1.54) is 6.07 Å². The van der Waals surface area contributed by atoms with E-state index >= 15 is 0 Å². The van der Waals surface area contributed by atoms with E-state index in [9.17, 15) is 9.50 Å². The van der Waals surface area contributed by atoms with Crippen molar-refractivity contribution in [1.82, 2.24) is 0 Å². The molecular weight excluding hydrogens is 237 g/mol. The van der Waals surface area contributed by atoms with Gasteiger partial charge >= 0.3 is 0 Å². The van der Waals surface area contributed by atoms with Crippen molar-refractivity contribution in [2.24, 2.45) is 5.41 Å². The molecule has 0 atom stereocenters. The van der Waals surface area contributed by atoms with Crippen LogP contribution in [-0.4, -0.2) is 38.1 Å². The van der Waals surface area contributed by atoms with Crippen molar-refractivity contribution >= 4 is 5.69 Å². The van der Waals surface area contributed by atoms with Crippen LogP contribution in [0.2, 0.25) is 0 Å². The maximum Gasteiger partial charge on any atom is 0.167 e. The van der Waals surface area contributed by atoms with Crippen molar-refractivity contribution in [1.29, 1.82) is 0 Å². The minimum atomic E-state index is -0.384. The Hall–Kier alpha value is -1.33. The minimum absolute atomic E-state index is 0.0690. The van der Waals surface area contributed by atoms with Gasteiger partial charge in [-0.3, -0.25) is 0 Å². The Labute approximate surface area is 106 Å². The Morgan fingerprint density at radius 2 is 2.28 bits per heavy atom. The second-order valence-electron chi connectivity index (χ2n) is 4.58. The third kappa shape index (κ3) is 2.73. The molecular formula is C13H18FNO3. The Morgan fingerprint density at radius 1 is 1.50 bits per heavy atom. The molecule has 1 aromatic rings. The molecule has 0 aromatic heterocycles. The van der Waals surface area contributed by atoms with Gasteiger partial charge in [-0.15, -0.1) is 0 Å². The molecule has 0 radical (unpaired) electrons. The molecule has 0 amide bonds. The van der Waals surface area contributed by atoms with E-state index in [2.05, 4.69) is 5.32 Å². The highest BCUT2D eigenvalue weighted by Crippen LogP contribution is 2.28. The zero-order valence-electron chi connectivity index (χ0n) is 10.4. The number of hydrogen-bond acceptors (Lipinski definition) is 4. The zero-order chi connectivity index (χ0) is 13.0. The van der Waals surface area contributed by atoms with E-state index in [0.29, 0.717) is 32.1 Å². The number of nitrogens with one attached hydrogen (secondary N) is 1. The fourth-order valence-corrected chi connectivity index (χ4v) is 1.81. The van der Waals surface area contributed by atoms with Crippen molar-refractivity contribution in [2.75, 3.05) is 38.3 Å². The van der Waals surface area contributed by atoms with Gasteiger partial charge in [0.25, 0.3) is 0 Å². The number of rotatable bonds is 6. The van der Waals surface area contributed by atoms with Crippen molar-refractivity contribution in [3.05, 3.63) is 24.0 Å². The van der Waals surface area contributed by atoms with Crippen LogP contribution in [0.25, 0.3) is 0 Å². The third-order valence-electron chi connectivity index (χ3n) is 3.05. The molecule has 5 heteroatoms. The predicted octanol–water partition coefficient (Wildman–Crippen LogP) is 1.65. The zero-order valence-corrected chi connectivity index (χ0v) is 10.4. The number of anilines is 1. The van der Waals surface area contributed by atoms with Crippen molar-refractivity contribution in [3.8, 4) is 5.75 Å². The Balaban J connectivity index is 1.95.